The Balaban J connectivity index is 1.70. The average molecular weight is 453 g/mol. The van der Waals surface area contributed by atoms with Gasteiger partial charge < -0.3 is 14.5 Å². The number of hydrogen-bond donors (Lipinski definition) is 2. The van der Waals surface area contributed by atoms with E-state index in [-0.39, 0.29) is 53.9 Å². The minimum Gasteiger partial charge on any atom is -0.357 e. The van der Waals surface area contributed by atoms with Gasteiger partial charge in [0.25, 0.3) is 11.5 Å². The number of primary sulfonamides is 1. The highest BCUT2D eigenvalue weighted by Crippen LogP contribution is 2.66. The van der Waals surface area contributed by atoms with Crippen LogP contribution in [0.3, 0.4) is 0 Å². The Bertz CT molecular complexity index is 1470. The van der Waals surface area contributed by atoms with Gasteiger partial charge in [0.05, 0.1) is 0 Å². The van der Waals surface area contributed by atoms with Gasteiger partial charge in [-0.2, -0.15) is 0 Å². The summed E-state index contributed by atoms with van der Waals surface area (Å²) in [5, 5.41) is 5.67. The predicted molar refractivity (Wildman–Crippen MR) is 112 cm³/mol. The first-order chi connectivity index (χ1) is 15.7. The number of aromatic nitrogens is 3. The van der Waals surface area contributed by atoms with Gasteiger partial charge in [-0.15, -0.1) is 0 Å². The third-order valence-corrected chi connectivity index (χ3v) is 7.30. The van der Waals surface area contributed by atoms with Crippen molar-refractivity contribution < 1.29 is 21.3 Å². The number of H-pyrrole nitrogens is 1. The number of pyridine rings is 2. The van der Waals surface area contributed by atoms with Crippen molar-refractivity contribution >= 4 is 26.7 Å². The van der Waals surface area contributed by atoms with Crippen molar-refractivity contribution in [3.8, 4) is 11.1 Å². The van der Waals surface area contributed by atoms with E-state index in [2.05, 4.69) is 9.97 Å². The number of nitrogens with two attached hydrogens (primary N) is 1. The van der Waals surface area contributed by atoms with Crippen LogP contribution in [0.2, 0.25) is 0 Å². The molecular formula is C20H21F2N5O3S. The predicted octanol–water partition coefficient (Wildman–Crippen LogP) is 2.20. The van der Waals surface area contributed by atoms with Crippen molar-refractivity contribution in [1.82, 2.24) is 14.5 Å². The smallest absolute Gasteiger partial charge is 0.274 e. The molecule has 2 aliphatic rings. The Morgan fingerprint density at radius 1 is 1.29 bits per heavy atom. The van der Waals surface area contributed by atoms with Crippen molar-refractivity contribution in [1.29, 1.82) is 0 Å². The minimum atomic E-state index is -4.16. The van der Waals surface area contributed by atoms with E-state index in [0.717, 1.165) is 12.4 Å². The van der Waals surface area contributed by atoms with Gasteiger partial charge in [-0.05, 0) is 25.0 Å². The van der Waals surface area contributed by atoms with Crippen LogP contribution in [0.1, 0.15) is 23.4 Å². The lowest BCUT2D eigenvalue weighted by Crippen LogP contribution is -2.37. The normalized spacial score (nSPS) is 21.6. The molecule has 0 radical (unpaired) electrons. The van der Waals surface area contributed by atoms with E-state index in [1.54, 1.807) is 11.0 Å². The van der Waals surface area contributed by atoms with Gasteiger partial charge >= 0.3 is 0 Å². The van der Waals surface area contributed by atoms with E-state index >= 15 is 0 Å². The standard InChI is InChI=1S/C20H21F2N5O3S/c1-26-10-15(13-2-5-24-16(13)18(26)28)14-8-12(31(23,29)30)9-25-17(14)27-6-3-19(4-7-27)11-20(19,21)22/h2,5,8-10,24H,3-4,6-7,11H2,1H3,(H2,23,29,30)/i1D3. The highest BCUT2D eigenvalue weighted by atomic mass is 32.2. The Hall–Kier alpha value is -2.79. The van der Waals surface area contributed by atoms with Crippen LogP contribution >= 0.6 is 0 Å². The largest absolute Gasteiger partial charge is 0.357 e. The second kappa shape index (κ2) is 6.36. The van der Waals surface area contributed by atoms with Gasteiger partial charge in [0.1, 0.15) is 16.2 Å². The van der Waals surface area contributed by atoms with Crippen LogP contribution in [0.25, 0.3) is 22.0 Å². The number of nitrogens with zero attached hydrogens (tertiary/aromatic N) is 3. The molecule has 0 unspecified atom stereocenters. The number of aryl methyl sites for hydroxylation is 1. The Labute approximate surface area is 181 Å². The molecular weight excluding hydrogens is 428 g/mol. The molecule has 5 rings (SSSR count). The fraction of sp³-hybridized carbons (Fsp3) is 0.400. The van der Waals surface area contributed by atoms with Crippen LogP contribution < -0.4 is 15.6 Å². The molecule has 164 valence electrons. The second-order valence-electron chi connectivity index (χ2n) is 8.22. The van der Waals surface area contributed by atoms with Crippen molar-refractivity contribution in [2.24, 2.45) is 17.5 Å². The van der Waals surface area contributed by atoms with Gasteiger partial charge in [0, 0.05) is 71.1 Å². The Morgan fingerprint density at radius 2 is 2.00 bits per heavy atom. The summed E-state index contributed by atoms with van der Waals surface area (Å²) in [6.45, 7) is -2.27. The molecule has 1 spiro atoms. The summed E-state index contributed by atoms with van der Waals surface area (Å²) in [5.41, 5.74) is -1.27. The van der Waals surface area contributed by atoms with Crippen LogP contribution in [0.15, 0.2) is 40.4 Å². The Morgan fingerprint density at radius 3 is 2.61 bits per heavy atom. The van der Waals surface area contributed by atoms with Crippen molar-refractivity contribution in [2.45, 2.75) is 30.1 Å². The van der Waals surface area contributed by atoms with E-state index in [9.17, 15) is 22.0 Å². The SMILES string of the molecule is [2H]C([2H])([2H])n1cc(-c2cc(S(N)(=O)=O)cnc2N2CCC3(CC2)CC3(F)F)c2cc[nH]c2c1=O. The molecule has 3 N–H and O–H groups in total. The zero-order valence-corrected chi connectivity index (χ0v) is 17.0. The maximum Gasteiger partial charge on any atom is 0.274 e. The molecule has 2 fully saturated rings. The van der Waals surface area contributed by atoms with E-state index < -0.39 is 33.9 Å². The Kier molecular flexibility index (Phi) is 3.46. The zero-order valence-electron chi connectivity index (χ0n) is 19.2. The maximum absolute atomic E-state index is 13.9. The van der Waals surface area contributed by atoms with Crippen LogP contribution in [0.5, 0.6) is 0 Å². The van der Waals surface area contributed by atoms with Crippen molar-refractivity contribution in [3.05, 3.63) is 41.1 Å². The van der Waals surface area contributed by atoms with Gasteiger partial charge in [0.15, 0.2) is 0 Å². The first-order valence-corrected chi connectivity index (χ1v) is 11.2. The van der Waals surface area contributed by atoms with Gasteiger partial charge in [-0.3, -0.25) is 4.79 Å². The molecule has 3 aromatic heterocycles. The number of halogens is 2. The third kappa shape index (κ3) is 3.06. The van der Waals surface area contributed by atoms with Gasteiger partial charge in [-0.25, -0.2) is 27.3 Å². The molecule has 3 aromatic rings. The maximum atomic E-state index is 13.9. The topological polar surface area (TPSA) is 114 Å². The lowest BCUT2D eigenvalue weighted by molar-refractivity contribution is 0.0536. The number of piperidine rings is 1. The summed E-state index contributed by atoms with van der Waals surface area (Å²) in [5.74, 6) is -2.39. The number of nitrogens with one attached hydrogen (secondary N) is 1. The quantitative estimate of drug-likeness (QED) is 0.632. The molecule has 0 bridgehead atoms. The van der Waals surface area contributed by atoms with E-state index in [4.69, 9.17) is 9.25 Å². The average Bonchev–Trinajstić information content (AvgIpc) is 3.07. The number of alkyl halides is 2. The summed E-state index contributed by atoms with van der Waals surface area (Å²) >= 11 is 0. The molecule has 31 heavy (non-hydrogen) atoms. The monoisotopic (exact) mass is 452 g/mol. The molecule has 11 heteroatoms. The highest BCUT2D eigenvalue weighted by Gasteiger charge is 2.70. The minimum absolute atomic E-state index is 0.0239. The molecule has 1 aliphatic heterocycles. The summed E-state index contributed by atoms with van der Waals surface area (Å²) in [4.78, 5) is 21.2. The van der Waals surface area contributed by atoms with Crippen LogP contribution in [-0.2, 0) is 17.0 Å². The molecule has 4 heterocycles. The molecule has 1 saturated carbocycles. The highest BCUT2D eigenvalue weighted by molar-refractivity contribution is 7.89. The number of sulfonamides is 1. The van der Waals surface area contributed by atoms with Crippen LogP contribution in [0.4, 0.5) is 14.6 Å². The fourth-order valence-corrected chi connectivity index (χ4v) is 4.96. The van der Waals surface area contributed by atoms with E-state index in [1.165, 1.54) is 12.3 Å². The molecule has 1 saturated heterocycles. The third-order valence-electron chi connectivity index (χ3n) is 6.42. The summed E-state index contributed by atoms with van der Waals surface area (Å²) in [6.07, 6.45) is 4.03. The number of rotatable bonds is 3. The molecule has 8 nitrogen and oxygen atoms in total. The molecule has 0 amide bonds. The second-order valence-corrected chi connectivity index (χ2v) is 9.78. The molecule has 0 aromatic carbocycles. The molecule has 1 aliphatic carbocycles. The molecule has 0 atom stereocenters. The van der Waals surface area contributed by atoms with Crippen molar-refractivity contribution in [3.63, 3.8) is 0 Å². The number of anilines is 1. The van der Waals surface area contributed by atoms with Gasteiger partial charge in [0.2, 0.25) is 10.0 Å². The lowest BCUT2D eigenvalue weighted by atomic mass is 9.92. The first-order valence-electron chi connectivity index (χ1n) is 11.1. The van der Waals surface area contributed by atoms with Gasteiger partial charge in [-0.1, -0.05) is 0 Å². The summed E-state index contributed by atoms with van der Waals surface area (Å²) < 4.78 is 75.7. The number of hydrogen-bond acceptors (Lipinski definition) is 5. The summed E-state index contributed by atoms with van der Waals surface area (Å²) in [6, 6.07) is 2.84. The van der Waals surface area contributed by atoms with Crippen LogP contribution in [-0.4, -0.2) is 42.0 Å². The van der Waals surface area contributed by atoms with Crippen LogP contribution in [0, 0.1) is 5.41 Å². The van der Waals surface area contributed by atoms with Crippen molar-refractivity contribution in [2.75, 3.05) is 18.0 Å². The first kappa shape index (κ1) is 16.8. The zero-order chi connectivity index (χ0) is 24.7. The van der Waals surface area contributed by atoms with E-state index in [0.29, 0.717) is 15.8 Å². The van der Waals surface area contributed by atoms with E-state index in [1.807, 2.05) is 0 Å². The fourth-order valence-electron chi connectivity index (χ4n) is 4.48. The summed E-state index contributed by atoms with van der Waals surface area (Å²) in [7, 11) is -4.16. The number of aromatic amines is 1. The lowest BCUT2D eigenvalue weighted by Gasteiger charge is -2.34. The number of fused-ring (bicyclic) bond motifs is 1.